The fourth-order valence-electron chi connectivity index (χ4n) is 1.66. The quantitative estimate of drug-likeness (QED) is 0.780. The molecule has 2 aromatic rings. The SMILES string of the molecule is CC(=O)NCc1ccc(-c2nc(NC(=O)CN)sc2C)s1. The standard InChI is InChI=1S/C13H16N4O2S2/c1-7-12(17-13(20-7)16-11(19)5-14)10-4-3-9(21-10)6-15-8(2)18/h3-4H,5-6,14H2,1-2H3,(H,15,18)(H,16,17,19). The molecule has 0 saturated heterocycles. The monoisotopic (exact) mass is 324 g/mol. The molecule has 112 valence electrons. The number of anilines is 1. The summed E-state index contributed by atoms with van der Waals surface area (Å²) in [5, 5.41) is 5.97. The fraction of sp³-hybridized carbons (Fsp3) is 0.308. The van der Waals surface area contributed by atoms with E-state index in [2.05, 4.69) is 15.6 Å². The first-order valence-corrected chi connectivity index (χ1v) is 7.93. The van der Waals surface area contributed by atoms with Crippen LogP contribution in [0.25, 0.3) is 10.6 Å². The number of nitrogens with one attached hydrogen (secondary N) is 2. The molecule has 0 aliphatic carbocycles. The Balaban J connectivity index is 2.14. The molecule has 8 heteroatoms. The van der Waals surface area contributed by atoms with E-state index in [0.717, 1.165) is 20.3 Å². The van der Waals surface area contributed by atoms with Crippen LogP contribution < -0.4 is 16.4 Å². The van der Waals surface area contributed by atoms with E-state index in [9.17, 15) is 9.59 Å². The van der Waals surface area contributed by atoms with Crippen molar-refractivity contribution in [3.05, 3.63) is 21.9 Å². The molecular weight excluding hydrogens is 308 g/mol. The molecule has 0 saturated carbocycles. The predicted molar refractivity (Wildman–Crippen MR) is 85.4 cm³/mol. The lowest BCUT2D eigenvalue weighted by atomic mass is 10.3. The van der Waals surface area contributed by atoms with Gasteiger partial charge in [-0.15, -0.1) is 22.7 Å². The lowest BCUT2D eigenvalue weighted by Gasteiger charge is -1.97. The number of carbonyl (C=O) groups is 2. The molecular formula is C13H16N4O2S2. The van der Waals surface area contributed by atoms with E-state index in [1.54, 1.807) is 11.3 Å². The van der Waals surface area contributed by atoms with Gasteiger partial charge in [0, 0.05) is 16.7 Å². The van der Waals surface area contributed by atoms with Gasteiger partial charge in [-0.1, -0.05) is 0 Å². The molecule has 6 nitrogen and oxygen atoms in total. The fourth-order valence-corrected chi connectivity index (χ4v) is 3.56. The lowest BCUT2D eigenvalue weighted by molar-refractivity contribution is -0.119. The molecule has 0 spiro atoms. The summed E-state index contributed by atoms with van der Waals surface area (Å²) in [7, 11) is 0. The Kier molecular flexibility index (Phi) is 5.05. The molecule has 21 heavy (non-hydrogen) atoms. The van der Waals surface area contributed by atoms with Crippen molar-refractivity contribution in [1.82, 2.24) is 10.3 Å². The second-order valence-electron chi connectivity index (χ2n) is 4.35. The van der Waals surface area contributed by atoms with Gasteiger partial charge < -0.3 is 16.4 Å². The van der Waals surface area contributed by atoms with Crippen LogP contribution in [0.4, 0.5) is 5.13 Å². The molecule has 2 aromatic heterocycles. The number of hydrogen-bond donors (Lipinski definition) is 3. The van der Waals surface area contributed by atoms with Crippen molar-refractivity contribution in [2.75, 3.05) is 11.9 Å². The minimum atomic E-state index is -0.257. The zero-order valence-corrected chi connectivity index (χ0v) is 13.4. The molecule has 0 fully saturated rings. The van der Waals surface area contributed by atoms with Gasteiger partial charge in [0.15, 0.2) is 5.13 Å². The topological polar surface area (TPSA) is 97.1 Å². The molecule has 0 unspecified atom stereocenters. The zero-order chi connectivity index (χ0) is 15.4. The van der Waals surface area contributed by atoms with Gasteiger partial charge >= 0.3 is 0 Å². The molecule has 2 amide bonds. The first-order chi connectivity index (χ1) is 9.99. The summed E-state index contributed by atoms with van der Waals surface area (Å²) >= 11 is 2.99. The van der Waals surface area contributed by atoms with Gasteiger partial charge in [-0.3, -0.25) is 9.59 Å². The summed E-state index contributed by atoms with van der Waals surface area (Å²) in [6, 6.07) is 3.94. The Morgan fingerprint density at radius 2 is 2.10 bits per heavy atom. The van der Waals surface area contributed by atoms with Gasteiger partial charge in [-0.25, -0.2) is 4.98 Å². The van der Waals surface area contributed by atoms with Crippen molar-refractivity contribution in [1.29, 1.82) is 0 Å². The van der Waals surface area contributed by atoms with E-state index in [-0.39, 0.29) is 18.4 Å². The summed E-state index contributed by atoms with van der Waals surface area (Å²) in [6.07, 6.45) is 0. The van der Waals surface area contributed by atoms with E-state index < -0.39 is 0 Å². The molecule has 4 N–H and O–H groups in total. The number of aromatic nitrogens is 1. The van der Waals surface area contributed by atoms with Gasteiger partial charge in [-0.2, -0.15) is 0 Å². The van der Waals surface area contributed by atoms with Gasteiger partial charge in [0.25, 0.3) is 0 Å². The third-order valence-electron chi connectivity index (χ3n) is 2.63. The maximum absolute atomic E-state index is 11.3. The third-order valence-corrected chi connectivity index (χ3v) is 4.61. The normalized spacial score (nSPS) is 10.4. The number of amides is 2. The molecule has 0 radical (unpaired) electrons. The molecule has 0 atom stereocenters. The minimum absolute atomic E-state index is 0.0541. The Hall–Kier alpha value is -1.77. The second kappa shape index (κ2) is 6.79. The second-order valence-corrected chi connectivity index (χ2v) is 6.72. The molecule has 0 aliphatic heterocycles. The predicted octanol–water partition coefficient (Wildman–Crippen LogP) is 1.71. The maximum atomic E-state index is 11.3. The number of hydrogen-bond acceptors (Lipinski definition) is 6. The highest BCUT2D eigenvalue weighted by atomic mass is 32.1. The zero-order valence-electron chi connectivity index (χ0n) is 11.7. The largest absolute Gasteiger partial charge is 0.351 e. The van der Waals surface area contributed by atoms with Crippen molar-refractivity contribution >= 4 is 39.6 Å². The van der Waals surface area contributed by atoms with E-state index in [1.165, 1.54) is 18.3 Å². The van der Waals surface area contributed by atoms with E-state index in [0.29, 0.717) is 11.7 Å². The molecule has 0 aromatic carbocycles. The number of carbonyl (C=O) groups excluding carboxylic acids is 2. The van der Waals surface area contributed by atoms with Crippen LogP contribution in [0.5, 0.6) is 0 Å². The summed E-state index contributed by atoms with van der Waals surface area (Å²) in [5.74, 6) is -0.311. The first kappa shape index (κ1) is 15.6. The Morgan fingerprint density at radius 3 is 2.76 bits per heavy atom. The van der Waals surface area contributed by atoms with Crippen molar-refractivity contribution < 1.29 is 9.59 Å². The Morgan fingerprint density at radius 1 is 1.33 bits per heavy atom. The molecule has 0 bridgehead atoms. The van der Waals surface area contributed by atoms with Crippen molar-refractivity contribution in [3.63, 3.8) is 0 Å². The summed E-state index contributed by atoms with van der Waals surface area (Å²) in [5.41, 5.74) is 6.12. The van der Waals surface area contributed by atoms with Crippen LogP contribution in [0.1, 0.15) is 16.7 Å². The van der Waals surface area contributed by atoms with Gasteiger partial charge in [0.2, 0.25) is 11.8 Å². The van der Waals surface area contributed by atoms with Crippen molar-refractivity contribution in [2.45, 2.75) is 20.4 Å². The van der Waals surface area contributed by atoms with Crippen LogP contribution >= 0.6 is 22.7 Å². The van der Waals surface area contributed by atoms with Crippen LogP contribution in [0.3, 0.4) is 0 Å². The van der Waals surface area contributed by atoms with Crippen molar-refractivity contribution in [2.24, 2.45) is 5.73 Å². The minimum Gasteiger partial charge on any atom is -0.351 e. The summed E-state index contributed by atoms with van der Waals surface area (Å²) < 4.78 is 0. The highest BCUT2D eigenvalue weighted by Crippen LogP contribution is 2.34. The smallest absolute Gasteiger partial charge is 0.239 e. The Labute approximate surface area is 130 Å². The molecule has 2 rings (SSSR count). The average molecular weight is 324 g/mol. The van der Waals surface area contributed by atoms with E-state index >= 15 is 0 Å². The van der Waals surface area contributed by atoms with E-state index in [1.807, 2.05) is 19.1 Å². The average Bonchev–Trinajstić information content (AvgIpc) is 3.02. The highest BCUT2D eigenvalue weighted by molar-refractivity contribution is 7.18. The Bertz CT molecular complexity index is 663. The van der Waals surface area contributed by atoms with Gasteiger partial charge in [0.1, 0.15) is 0 Å². The number of rotatable bonds is 5. The van der Waals surface area contributed by atoms with Gasteiger partial charge in [-0.05, 0) is 19.1 Å². The van der Waals surface area contributed by atoms with Gasteiger partial charge in [0.05, 0.1) is 23.7 Å². The highest BCUT2D eigenvalue weighted by Gasteiger charge is 2.13. The van der Waals surface area contributed by atoms with Crippen LogP contribution in [0.15, 0.2) is 12.1 Å². The molecule has 0 aliphatic rings. The summed E-state index contributed by atoms with van der Waals surface area (Å²) in [6.45, 7) is 3.90. The van der Waals surface area contributed by atoms with Crippen LogP contribution in [0.2, 0.25) is 0 Å². The van der Waals surface area contributed by atoms with Crippen molar-refractivity contribution in [3.8, 4) is 10.6 Å². The number of nitrogens with zero attached hydrogens (tertiary/aromatic N) is 1. The summed E-state index contributed by atoms with van der Waals surface area (Å²) in [4.78, 5) is 29.7. The number of thiazole rings is 1. The number of nitrogens with two attached hydrogens (primary N) is 1. The van der Waals surface area contributed by atoms with Crippen LogP contribution in [-0.2, 0) is 16.1 Å². The number of thiophene rings is 1. The maximum Gasteiger partial charge on any atom is 0.239 e. The van der Waals surface area contributed by atoms with Crippen LogP contribution in [-0.4, -0.2) is 23.3 Å². The number of aryl methyl sites for hydroxylation is 1. The first-order valence-electron chi connectivity index (χ1n) is 6.30. The lowest BCUT2D eigenvalue weighted by Crippen LogP contribution is -2.21. The van der Waals surface area contributed by atoms with Crippen LogP contribution in [0, 0.1) is 6.92 Å². The van der Waals surface area contributed by atoms with E-state index in [4.69, 9.17) is 5.73 Å². The third kappa shape index (κ3) is 4.10. The molecule has 2 heterocycles.